The molecule has 1 unspecified atom stereocenters. The molecule has 1 amide bonds. The summed E-state index contributed by atoms with van der Waals surface area (Å²) >= 11 is 1.46. The lowest BCUT2D eigenvalue weighted by Crippen LogP contribution is -2.45. The molecule has 2 N–H and O–H groups in total. The lowest BCUT2D eigenvalue weighted by atomic mass is 9.99. The smallest absolute Gasteiger partial charge is 0.243 e. The number of carbonyl (C=O) groups is 1. The molecule has 1 aliphatic heterocycles. The highest BCUT2D eigenvalue weighted by Crippen LogP contribution is 2.25. The normalized spacial score (nSPS) is 18.0. The van der Waals surface area contributed by atoms with Crippen molar-refractivity contribution >= 4 is 27.7 Å². The number of benzene rings is 1. The van der Waals surface area contributed by atoms with Crippen molar-refractivity contribution in [3.63, 3.8) is 0 Å². The Morgan fingerprint density at radius 2 is 2.18 bits per heavy atom. The Morgan fingerprint density at radius 3 is 2.86 bits per heavy atom. The van der Waals surface area contributed by atoms with Gasteiger partial charge in [0, 0.05) is 25.4 Å². The quantitative estimate of drug-likeness (QED) is 0.481. The van der Waals surface area contributed by atoms with Crippen molar-refractivity contribution in [2.75, 3.05) is 32.5 Å². The molecule has 2 heterocycles. The average Bonchev–Trinajstić information content (AvgIpc) is 3.24. The minimum absolute atomic E-state index is 0.118. The van der Waals surface area contributed by atoms with Crippen LogP contribution in [0.3, 0.4) is 0 Å². The van der Waals surface area contributed by atoms with Crippen LogP contribution < -0.4 is 10.1 Å². The van der Waals surface area contributed by atoms with Crippen molar-refractivity contribution in [2.45, 2.75) is 22.9 Å². The predicted octanol–water partition coefficient (Wildman–Crippen LogP) is 1.12. The maximum absolute atomic E-state index is 12.9. The Morgan fingerprint density at radius 1 is 1.39 bits per heavy atom. The Balaban J connectivity index is 1.54. The van der Waals surface area contributed by atoms with Crippen LogP contribution in [0.15, 0.2) is 40.6 Å². The van der Waals surface area contributed by atoms with Gasteiger partial charge in [-0.25, -0.2) is 13.4 Å². The zero-order chi connectivity index (χ0) is 20.0. The van der Waals surface area contributed by atoms with Crippen LogP contribution in [0.2, 0.25) is 0 Å². The molecule has 11 heteroatoms. The molecule has 9 nitrogen and oxygen atoms in total. The van der Waals surface area contributed by atoms with Crippen LogP contribution in [0, 0.1) is 5.92 Å². The Labute approximate surface area is 168 Å². The van der Waals surface area contributed by atoms with Crippen LogP contribution in [-0.2, 0) is 14.8 Å². The maximum atomic E-state index is 12.9. The van der Waals surface area contributed by atoms with Crippen molar-refractivity contribution in [3.8, 4) is 5.75 Å². The van der Waals surface area contributed by atoms with Crippen molar-refractivity contribution in [2.24, 2.45) is 5.92 Å². The first-order valence-electron chi connectivity index (χ1n) is 8.91. The first-order chi connectivity index (χ1) is 13.5. The van der Waals surface area contributed by atoms with E-state index in [9.17, 15) is 13.2 Å². The lowest BCUT2D eigenvalue weighted by Gasteiger charge is -2.31. The highest BCUT2D eigenvalue weighted by molar-refractivity contribution is 7.99. The largest absolute Gasteiger partial charge is 0.497 e. The third-order valence-electron chi connectivity index (χ3n) is 4.49. The van der Waals surface area contributed by atoms with Crippen LogP contribution in [0.1, 0.15) is 12.8 Å². The molecule has 0 bridgehead atoms. The van der Waals surface area contributed by atoms with Gasteiger partial charge in [-0.1, -0.05) is 11.8 Å². The molecule has 2 aromatic rings. The fourth-order valence-corrected chi connectivity index (χ4v) is 5.16. The van der Waals surface area contributed by atoms with Gasteiger partial charge in [-0.3, -0.25) is 9.89 Å². The fraction of sp³-hybridized carbons (Fsp3) is 0.471. The topological polar surface area (TPSA) is 117 Å². The third kappa shape index (κ3) is 5.03. The average molecular weight is 426 g/mol. The number of aromatic amines is 1. The predicted molar refractivity (Wildman–Crippen MR) is 105 cm³/mol. The van der Waals surface area contributed by atoms with Gasteiger partial charge in [-0.05, 0) is 37.1 Å². The van der Waals surface area contributed by atoms with Crippen LogP contribution in [-0.4, -0.2) is 66.3 Å². The molecule has 152 valence electrons. The highest BCUT2D eigenvalue weighted by atomic mass is 32.2. The van der Waals surface area contributed by atoms with E-state index in [1.165, 1.54) is 41.6 Å². The number of H-pyrrole nitrogens is 1. The molecule has 0 saturated carbocycles. The van der Waals surface area contributed by atoms with E-state index in [0.717, 1.165) is 0 Å². The van der Waals surface area contributed by atoms with Gasteiger partial charge < -0.3 is 10.1 Å². The molecule has 1 aromatic heterocycles. The molecule has 1 saturated heterocycles. The fourth-order valence-electron chi connectivity index (χ4n) is 3.00. The van der Waals surface area contributed by atoms with E-state index >= 15 is 0 Å². The summed E-state index contributed by atoms with van der Waals surface area (Å²) in [5.74, 6) is 0.782. The molecular formula is C17H23N5O4S2. The second-order valence-corrected chi connectivity index (χ2v) is 9.33. The number of nitrogens with one attached hydrogen (secondary N) is 2. The molecule has 0 radical (unpaired) electrons. The monoisotopic (exact) mass is 425 g/mol. The van der Waals surface area contributed by atoms with Crippen LogP contribution in [0.5, 0.6) is 5.75 Å². The standard InChI is InChI=1S/C17H23N5O4S2/c1-26-14-4-6-15(7-5-14)28(24,25)22-9-2-3-13(11-22)16(23)18-8-10-27-17-19-12-20-21-17/h4-7,12-13H,2-3,8-11H2,1H3,(H,18,23)(H,19,20,21). The summed E-state index contributed by atoms with van der Waals surface area (Å²) in [7, 11) is -2.10. The van der Waals surface area contributed by atoms with Gasteiger partial charge in [-0.2, -0.15) is 9.40 Å². The third-order valence-corrected chi connectivity index (χ3v) is 7.24. The van der Waals surface area contributed by atoms with Gasteiger partial charge >= 0.3 is 0 Å². The number of ether oxygens (including phenoxy) is 1. The number of carbonyl (C=O) groups excluding carboxylic acids is 1. The first-order valence-corrected chi connectivity index (χ1v) is 11.3. The van der Waals surface area contributed by atoms with Gasteiger partial charge in [0.2, 0.25) is 15.9 Å². The van der Waals surface area contributed by atoms with E-state index in [1.54, 1.807) is 12.1 Å². The van der Waals surface area contributed by atoms with Crippen LogP contribution in [0.25, 0.3) is 0 Å². The maximum Gasteiger partial charge on any atom is 0.243 e. The number of thioether (sulfide) groups is 1. The van der Waals surface area contributed by atoms with E-state index in [-0.39, 0.29) is 23.3 Å². The molecule has 3 rings (SSSR count). The minimum atomic E-state index is -3.63. The molecule has 1 atom stereocenters. The number of aromatic nitrogens is 3. The number of amides is 1. The molecule has 1 aliphatic rings. The SMILES string of the molecule is COc1ccc(S(=O)(=O)N2CCCC(C(=O)NCCSc3ncn[nH]3)C2)cc1. The van der Waals surface area contributed by atoms with Gasteiger partial charge in [-0.15, -0.1) is 0 Å². The molecular weight excluding hydrogens is 402 g/mol. The van der Waals surface area contributed by atoms with Crippen molar-refractivity contribution < 1.29 is 17.9 Å². The van der Waals surface area contributed by atoms with Gasteiger partial charge in [0.1, 0.15) is 12.1 Å². The van der Waals surface area contributed by atoms with Gasteiger partial charge in [0.15, 0.2) is 5.16 Å². The van der Waals surface area contributed by atoms with Crippen LogP contribution in [0.4, 0.5) is 0 Å². The Bertz CT molecular complexity index is 871. The summed E-state index contributed by atoms with van der Waals surface area (Å²) in [5, 5.41) is 10.1. The van der Waals surface area contributed by atoms with Gasteiger partial charge in [0.05, 0.1) is 17.9 Å². The van der Waals surface area contributed by atoms with Gasteiger partial charge in [0.25, 0.3) is 0 Å². The van der Waals surface area contributed by atoms with Crippen molar-refractivity contribution in [1.29, 1.82) is 0 Å². The van der Waals surface area contributed by atoms with E-state index in [0.29, 0.717) is 42.6 Å². The number of methoxy groups -OCH3 is 1. The van der Waals surface area contributed by atoms with E-state index in [1.807, 2.05) is 0 Å². The number of hydrogen-bond acceptors (Lipinski definition) is 7. The number of rotatable bonds is 8. The van der Waals surface area contributed by atoms with Crippen LogP contribution >= 0.6 is 11.8 Å². The van der Waals surface area contributed by atoms with Crippen molar-refractivity contribution in [1.82, 2.24) is 24.8 Å². The second-order valence-electron chi connectivity index (χ2n) is 6.31. The molecule has 1 aromatic carbocycles. The van der Waals surface area contributed by atoms with E-state index < -0.39 is 10.0 Å². The Kier molecular flexibility index (Phi) is 6.92. The zero-order valence-electron chi connectivity index (χ0n) is 15.5. The van der Waals surface area contributed by atoms with E-state index in [2.05, 4.69) is 20.5 Å². The summed E-state index contributed by atoms with van der Waals surface area (Å²) in [4.78, 5) is 16.7. The van der Waals surface area contributed by atoms with E-state index in [4.69, 9.17) is 4.74 Å². The number of piperidine rings is 1. The summed E-state index contributed by atoms with van der Waals surface area (Å²) in [6.45, 7) is 1.08. The lowest BCUT2D eigenvalue weighted by molar-refractivity contribution is -0.125. The number of hydrogen-bond donors (Lipinski definition) is 2. The number of sulfonamides is 1. The molecule has 1 fully saturated rings. The highest BCUT2D eigenvalue weighted by Gasteiger charge is 2.33. The summed E-state index contributed by atoms with van der Waals surface area (Å²) in [6, 6.07) is 6.29. The zero-order valence-corrected chi connectivity index (χ0v) is 17.1. The molecule has 28 heavy (non-hydrogen) atoms. The molecule has 0 spiro atoms. The first kappa shape index (κ1) is 20.6. The number of nitrogens with zero attached hydrogens (tertiary/aromatic N) is 3. The molecule has 0 aliphatic carbocycles. The summed E-state index contributed by atoms with van der Waals surface area (Å²) < 4.78 is 32.2. The van der Waals surface area contributed by atoms with Crippen molar-refractivity contribution in [3.05, 3.63) is 30.6 Å². The second kappa shape index (κ2) is 9.39. The Hall–Kier alpha value is -2.11. The summed E-state index contributed by atoms with van der Waals surface area (Å²) in [6.07, 6.45) is 2.76. The minimum Gasteiger partial charge on any atom is -0.497 e. The summed E-state index contributed by atoms with van der Waals surface area (Å²) in [5.41, 5.74) is 0.